The van der Waals surface area contributed by atoms with Gasteiger partial charge in [0.2, 0.25) is 5.91 Å². The van der Waals surface area contributed by atoms with Crippen LogP contribution in [0.1, 0.15) is 26.3 Å². The van der Waals surface area contributed by atoms with Crippen LogP contribution in [0.3, 0.4) is 0 Å². The van der Waals surface area contributed by atoms with E-state index in [-0.39, 0.29) is 11.9 Å². The van der Waals surface area contributed by atoms with Gasteiger partial charge in [0.05, 0.1) is 6.04 Å². The summed E-state index contributed by atoms with van der Waals surface area (Å²) in [5, 5.41) is 0. The summed E-state index contributed by atoms with van der Waals surface area (Å²) in [4.78, 5) is 16.7. The lowest BCUT2D eigenvalue weighted by molar-refractivity contribution is -0.144. The molecule has 2 rings (SSSR count). The summed E-state index contributed by atoms with van der Waals surface area (Å²) < 4.78 is 0. The molecular weight excluding hydrogens is 236 g/mol. The van der Waals surface area contributed by atoms with Crippen LogP contribution in [0.4, 0.5) is 0 Å². The molecule has 1 aromatic rings. The summed E-state index contributed by atoms with van der Waals surface area (Å²) in [6.45, 7) is 8.95. The van der Waals surface area contributed by atoms with Gasteiger partial charge < -0.3 is 4.90 Å². The Bertz CT molecular complexity index is 418. The molecule has 0 spiro atoms. The zero-order valence-electron chi connectivity index (χ0n) is 12.2. The van der Waals surface area contributed by atoms with Crippen molar-refractivity contribution in [2.45, 2.75) is 39.3 Å². The molecule has 0 aliphatic carbocycles. The van der Waals surface area contributed by atoms with Crippen molar-refractivity contribution in [1.29, 1.82) is 0 Å². The minimum absolute atomic E-state index is 0.0250. The largest absolute Gasteiger partial charge is 0.337 e. The maximum Gasteiger partial charge on any atom is 0.239 e. The number of benzene rings is 1. The Hall–Kier alpha value is -1.35. The highest BCUT2D eigenvalue weighted by molar-refractivity contribution is 5.82. The zero-order chi connectivity index (χ0) is 13.8. The third-order valence-corrected chi connectivity index (χ3v) is 4.14. The van der Waals surface area contributed by atoms with E-state index in [9.17, 15) is 4.79 Å². The van der Waals surface area contributed by atoms with Gasteiger partial charge in [0.15, 0.2) is 0 Å². The number of hydrogen-bond donors (Lipinski definition) is 0. The fourth-order valence-corrected chi connectivity index (χ4v) is 2.98. The molecule has 1 aliphatic rings. The van der Waals surface area contributed by atoms with Crippen molar-refractivity contribution in [3.05, 3.63) is 35.9 Å². The Labute approximate surface area is 116 Å². The second-order valence-electron chi connectivity index (χ2n) is 5.23. The highest BCUT2D eigenvalue weighted by Crippen LogP contribution is 2.19. The molecule has 2 atom stereocenters. The summed E-state index contributed by atoms with van der Waals surface area (Å²) in [5.74, 6) is 0.275. The van der Waals surface area contributed by atoms with Crippen LogP contribution in [0.15, 0.2) is 30.3 Å². The van der Waals surface area contributed by atoms with Crippen molar-refractivity contribution in [3.63, 3.8) is 0 Å². The predicted octanol–water partition coefficient (Wildman–Crippen LogP) is 2.17. The van der Waals surface area contributed by atoms with Gasteiger partial charge in [-0.3, -0.25) is 9.69 Å². The van der Waals surface area contributed by atoms with Crippen molar-refractivity contribution in [1.82, 2.24) is 9.80 Å². The molecule has 1 amide bonds. The molecule has 2 unspecified atom stereocenters. The van der Waals surface area contributed by atoms with Crippen LogP contribution in [0.25, 0.3) is 0 Å². The Kier molecular flexibility index (Phi) is 4.59. The fraction of sp³-hybridized carbons (Fsp3) is 0.562. The van der Waals surface area contributed by atoms with Crippen LogP contribution >= 0.6 is 0 Å². The van der Waals surface area contributed by atoms with Crippen molar-refractivity contribution < 1.29 is 4.79 Å². The van der Waals surface area contributed by atoms with Gasteiger partial charge in [0, 0.05) is 19.1 Å². The van der Waals surface area contributed by atoms with Crippen LogP contribution in [0.2, 0.25) is 0 Å². The molecule has 1 fully saturated rings. The molecule has 1 saturated heterocycles. The van der Waals surface area contributed by atoms with Crippen molar-refractivity contribution in [2.24, 2.45) is 0 Å². The van der Waals surface area contributed by atoms with Crippen molar-refractivity contribution >= 4 is 5.91 Å². The van der Waals surface area contributed by atoms with Gasteiger partial charge in [0.1, 0.15) is 0 Å². The Morgan fingerprint density at radius 1 is 1.16 bits per heavy atom. The highest BCUT2D eigenvalue weighted by atomic mass is 16.2. The number of piperazine rings is 1. The average Bonchev–Trinajstić information content (AvgIpc) is 2.44. The van der Waals surface area contributed by atoms with Crippen molar-refractivity contribution in [3.8, 4) is 0 Å². The molecule has 0 N–H and O–H groups in total. The first-order valence-electron chi connectivity index (χ1n) is 7.25. The van der Waals surface area contributed by atoms with Crippen LogP contribution in [0.5, 0.6) is 0 Å². The van der Waals surface area contributed by atoms with E-state index in [4.69, 9.17) is 0 Å². The van der Waals surface area contributed by atoms with Gasteiger partial charge >= 0.3 is 0 Å². The summed E-state index contributed by atoms with van der Waals surface area (Å²) in [5.41, 5.74) is 1.31. The number of amides is 1. The quantitative estimate of drug-likeness (QED) is 0.828. The van der Waals surface area contributed by atoms with E-state index in [2.05, 4.69) is 43.0 Å². The van der Waals surface area contributed by atoms with E-state index < -0.39 is 0 Å². The molecule has 3 nitrogen and oxygen atoms in total. The van der Waals surface area contributed by atoms with Crippen LogP contribution in [0, 0.1) is 0 Å². The van der Waals surface area contributed by atoms with E-state index >= 15 is 0 Å². The summed E-state index contributed by atoms with van der Waals surface area (Å²) in [7, 11) is 0. The first-order valence-corrected chi connectivity index (χ1v) is 7.25. The first-order chi connectivity index (χ1) is 9.17. The molecule has 0 saturated carbocycles. The zero-order valence-corrected chi connectivity index (χ0v) is 12.2. The SMILES string of the molecule is CCN1CC(Cc2ccccc2)N(CC)C(=O)C1C. The third kappa shape index (κ3) is 2.98. The monoisotopic (exact) mass is 260 g/mol. The molecule has 1 heterocycles. The minimum Gasteiger partial charge on any atom is -0.337 e. The van der Waals surface area contributed by atoms with Gasteiger partial charge in [-0.2, -0.15) is 0 Å². The first kappa shape index (κ1) is 14.1. The van der Waals surface area contributed by atoms with Crippen LogP contribution < -0.4 is 0 Å². The minimum atomic E-state index is 0.0250. The van der Waals surface area contributed by atoms with Crippen LogP contribution in [-0.2, 0) is 11.2 Å². The number of nitrogens with zero attached hydrogens (tertiary/aromatic N) is 2. The molecule has 0 bridgehead atoms. The second kappa shape index (κ2) is 6.20. The lowest BCUT2D eigenvalue weighted by Crippen LogP contribution is -2.61. The van der Waals surface area contributed by atoms with Gasteiger partial charge in [-0.05, 0) is 32.4 Å². The number of carbonyl (C=O) groups is 1. The smallest absolute Gasteiger partial charge is 0.239 e. The molecule has 3 heteroatoms. The molecule has 1 aliphatic heterocycles. The van der Waals surface area contributed by atoms with E-state index in [1.54, 1.807) is 0 Å². The molecule has 0 aromatic heterocycles. The third-order valence-electron chi connectivity index (χ3n) is 4.14. The lowest BCUT2D eigenvalue weighted by Gasteiger charge is -2.44. The summed E-state index contributed by atoms with van der Waals surface area (Å²) in [6.07, 6.45) is 0.948. The number of rotatable bonds is 4. The average molecular weight is 260 g/mol. The maximum absolute atomic E-state index is 12.4. The molecule has 1 aromatic carbocycles. The number of carbonyl (C=O) groups excluding carboxylic acids is 1. The van der Waals surface area contributed by atoms with Crippen LogP contribution in [-0.4, -0.2) is 47.4 Å². The molecule has 19 heavy (non-hydrogen) atoms. The number of hydrogen-bond acceptors (Lipinski definition) is 2. The predicted molar refractivity (Wildman–Crippen MR) is 78.0 cm³/mol. The summed E-state index contributed by atoms with van der Waals surface area (Å²) >= 11 is 0. The Morgan fingerprint density at radius 3 is 2.42 bits per heavy atom. The standard InChI is InChI=1S/C16H24N2O/c1-4-17-12-15(11-14-9-7-6-8-10-14)18(5-2)16(19)13(17)3/h6-10,13,15H,4-5,11-12H2,1-3H3. The van der Waals surface area contributed by atoms with Gasteiger partial charge in [0.25, 0.3) is 0 Å². The molecule has 104 valence electrons. The topological polar surface area (TPSA) is 23.6 Å². The van der Waals surface area contributed by atoms with E-state index in [0.29, 0.717) is 6.04 Å². The second-order valence-corrected chi connectivity index (χ2v) is 5.23. The maximum atomic E-state index is 12.4. The van der Waals surface area contributed by atoms with Gasteiger partial charge in [-0.1, -0.05) is 37.3 Å². The normalized spacial score (nSPS) is 24.8. The fourth-order valence-electron chi connectivity index (χ4n) is 2.98. The Balaban J connectivity index is 2.15. The number of likely N-dealkylation sites (N-methyl/N-ethyl adjacent to an activating group) is 2. The highest BCUT2D eigenvalue weighted by Gasteiger charge is 2.36. The summed E-state index contributed by atoms with van der Waals surface area (Å²) in [6, 6.07) is 10.8. The Morgan fingerprint density at radius 2 is 1.84 bits per heavy atom. The van der Waals surface area contributed by atoms with Gasteiger partial charge in [-0.15, -0.1) is 0 Å². The van der Waals surface area contributed by atoms with Gasteiger partial charge in [-0.25, -0.2) is 0 Å². The lowest BCUT2D eigenvalue weighted by atomic mass is 9.99. The molecular formula is C16H24N2O. The van der Waals surface area contributed by atoms with Crippen molar-refractivity contribution in [2.75, 3.05) is 19.6 Å². The van der Waals surface area contributed by atoms with E-state index in [0.717, 1.165) is 26.1 Å². The molecule has 0 radical (unpaired) electrons. The van der Waals surface area contributed by atoms with E-state index in [1.807, 2.05) is 17.9 Å². The van der Waals surface area contributed by atoms with E-state index in [1.165, 1.54) is 5.56 Å².